The summed E-state index contributed by atoms with van der Waals surface area (Å²) < 4.78 is 5.01. The second-order valence-electron chi connectivity index (χ2n) is 3.43. The van der Waals surface area contributed by atoms with Crippen LogP contribution in [0.5, 0.6) is 5.75 Å². The predicted octanol–water partition coefficient (Wildman–Crippen LogP) is 0.581. The molecule has 2 rings (SSSR count). The van der Waals surface area contributed by atoms with Crippen molar-refractivity contribution >= 4 is 18.2 Å². The fraction of sp³-hybridized carbons (Fsp3) is 0.182. The number of carbonyl (C=O) groups excluding carboxylic acids is 2. The lowest BCUT2D eigenvalue weighted by atomic mass is 10.2. The Labute approximate surface area is 97.9 Å². The van der Waals surface area contributed by atoms with Crippen LogP contribution in [0.2, 0.25) is 0 Å². The van der Waals surface area contributed by atoms with E-state index in [1.54, 1.807) is 31.4 Å². The van der Waals surface area contributed by atoms with Crippen molar-refractivity contribution in [3.63, 3.8) is 0 Å². The molecule has 0 unspecified atom stereocenters. The molecule has 1 aliphatic rings. The smallest absolute Gasteiger partial charge is 0.344 e. The molecular formula is C11H11N3O3. The summed E-state index contributed by atoms with van der Waals surface area (Å²) in [6, 6.07) is 6.68. The van der Waals surface area contributed by atoms with Crippen molar-refractivity contribution < 1.29 is 14.3 Å². The van der Waals surface area contributed by atoms with Gasteiger partial charge in [-0.3, -0.25) is 10.1 Å². The van der Waals surface area contributed by atoms with Crippen molar-refractivity contribution in [3.05, 3.63) is 29.8 Å². The van der Waals surface area contributed by atoms with E-state index in [1.165, 1.54) is 6.21 Å². The van der Waals surface area contributed by atoms with Gasteiger partial charge in [0.1, 0.15) is 12.3 Å². The third-order valence-corrected chi connectivity index (χ3v) is 2.24. The summed E-state index contributed by atoms with van der Waals surface area (Å²) in [6.45, 7) is -0.0362. The maximum Gasteiger partial charge on any atom is 0.344 e. The summed E-state index contributed by atoms with van der Waals surface area (Å²) in [4.78, 5) is 22.1. The fourth-order valence-electron chi connectivity index (χ4n) is 1.35. The fourth-order valence-corrected chi connectivity index (χ4v) is 1.35. The van der Waals surface area contributed by atoms with E-state index in [0.29, 0.717) is 0 Å². The van der Waals surface area contributed by atoms with E-state index in [2.05, 4.69) is 10.4 Å². The van der Waals surface area contributed by atoms with E-state index in [-0.39, 0.29) is 12.5 Å². The second kappa shape index (κ2) is 4.65. The molecule has 0 radical (unpaired) electrons. The predicted molar refractivity (Wildman–Crippen MR) is 60.8 cm³/mol. The maximum atomic E-state index is 11.2. The molecule has 1 heterocycles. The molecule has 1 N–H and O–H groups in total. The first-order chi connectivity index (χ1) is 8.19. The van der Waals surface area contributed by atoms with Crippen LogP contribution in [0.3, 0.4) is 0 Å². The van der Waals surface area contributed by atoms with Gasteiger partial charge in [-0.05, 0) is 29.8 Å². The minimum atomic E-state index is -0.500. The summed E-state index contributed by atoms with van der Waals surface area (Å²) in [5, 5.41) is 7.13. The van der Waals surface area contributed by atoms with Gasteiger partial charge in [0.2, 0.25) is 5.91 Å². The molecule has 0 spiro atoms. The number of imide groups is 1. The van der Waals surface area contributed by atoms with Gasteiger partial charge in [0, 0.05) is 0 Å². The lowest BCUT2D eigenvalue weighted by Gasteiger charge is -2.04. The van der Waals surface area contributed by atoms with E-state index in [1.807, 2.05) is 0 Å². The van der Waals surface area contributed by atoms with Crippen LogP contribution in [0.1, 0.15) is 5.56 Å². The molecular weight excluding hydrogens is 222 g/mol. The largest absolute Gasteiger partial charge is 0.497 e. The topological polar surface area (TPSA) is 71.0 Å². The van der Waals surface area contributed by atoms with Gasteiger partial charge >= 0.3 is 6.03 Å². The summed E-state index contributed by atoms with van der Waals surface area (Å²) in [5.41, 5.74) is 0.818. The molecule has 1 saturated heterocycles. The third-order valence-electron chi connectivity index (χ3n) is 2.24. The van der Waals surface area contributed by atoms with Crippen molar-refractivity contribution in [1.29, 1.82) is 0 Å². The van der Waals surface area contributed by atoms with E-state index in [0.717, 1.165) is 16.3 Å². The first-order valence-electron chi connectivity index (χ1n) is 4.98. The van der Waals surface area contributed by atoms with Gasteiger partial charge in [-0.1, -0.05) is 0 Å². The SMILES string of the molecule is COc1ccc(/C=N/N2CC(=O)NC2=O)cc1. The first-order valence-corrected chi connectivity index (χ1v) is 4.98. The highest BCUT2D eigenvalue weighted by atomic mass is 16.5. The van der Waals surface area contributed by atoms with Gasteiger partial charge in [-0.2, -0.15) is 5.10 Å². The molecule has 1 aromatic rings. The van der Waals surface area contributed by atoms with Crippen LogP contribution in [-0.2, 0) is 4.79 Å². The number of ether oxygens (including phenoxy) is 1. The molecule has 1 aromatic carbocycles. The number of nitrogens with one attached hydrogen (secondary N) is 1. The normalized spacial score (nSPS) is 15.5. The Morgan fingerprint density at radius 1 is 1.35 bits per heavy atom. The minimum absolute atomic E-state index is 0.0362. The number of methoxy groups -OCH3 is 1. The van der Waals surface area contributed by atoms with Crippen LogP contribution in [0.15, 0.2) is 29.4 Å². The molecule has 1 fully saturated rings. The van der Waals surface area contributed by atoms with Crippen molar-refractivity contribution in [2.45, 2.75) is 0 Å². The molecule has 17 heavy (non-hydrogen) atoms. The van der Waals surface area contributed by atoms with Gasteiger partial charge in [0.15, 0.2) is 0 Å². The minimum Gasteiger partial charge on any atom is -0.497 e. The number of carbonyl (C=O) groups is 2. The van der Waals surface area contributed by atoms with Crippen molar-refractivity contribution in [1.82, 2.24) is 10.3 Å². The summed E-state index contributed by atoms with van der Waals surface area (Å²) in [6.07, 6.45) is 1.51. The summed E-state index contributed by atoms with van der Waals surface area (Å²) in [7, 11) is 1.59. The van der Waals surface area contributed by atoms with Crippen LogP contribution in [0.25, 0.3) is 0 Å². The van der Waals surface area contributed by atoms with Gasteiger partial charge in [-0.25, -0.2) is 9.80 Å². The average Bonchev–Trinajstić information content (AvgIpc) is 2.66. The Morgan fingerprint density at radius 2 is 2.06 bits per heavy atom. The van der Waals surface area contributed by atoms with E-state index in [9.17, 15) is 9.59 Å². The summed E-state index contributed by atoms with van der Waals surface area (Å²) in [5.74, 6) is 0.401. The number of nitrogens with zero attached hydrogens (tertiary/aromatic N) is 2. The number of hydrazone groups is 1. The zero-order valence-electron chi connectivity index (χ0n) is 9.21. The second-order valence-corrected chi connectivity index (χ2v) is 3.43. The maximum absolute atomic E-state index is 11.2. The Morgan fingerprint density at radius 3 is 2.59 bits per heavy atom. The molecule has 0 bridgehead atoms. The molecule has 6 heteroatoms. The number of hydrogen-bond acceptors (Lipinski definition) is 4. The molecule has 0 aromatic heterocycles. The quantitative estimate of drug-likeness (QED) is 0.613. The molecule has 0 aliphatic carbocycles. The molecule has 1 aliphatic heterocycles. The van der Waals surface area contributed by atoms with E-state index < -0.39 is 6.03 Å². The first kappa shape index (κ1) is 11.1. The zero-order valence-corrected chi connectivity index (χ0v) is 9.21. The van der Waals surface area contributed by atoms with Gasteiger partial charge in [0.05, 0.1) is 13.3 Å². The Bertz CT molecular complexity index is 467. The van der Waals surface area contributed by atoms with Crippen molar-refractivity contribution in [3.8, 4) is 5.75 Å². The van der Waals surface area contributed by atoms with Crippen LogP contribution in [0.4, 0.5) is 4.79 Å². The lowest BCUT2D eigenvalue weighted by molar-refractivity contribution is -0.118. The van der Waals surface area contributed by atoms with Gasteiger partial charge in [0.25, 0.3) is 0 Å². The van der Waals surface area contributed by atoms with Crippen LogP contribution >= 0.6 is 0 Å². The monoisotopic (exact) mass is 233 g/mol. The highest BCUT2D eigenvalue weighted by Crippen LogP contribution is 2.10. The van der Waals surface area contributed by atoms with E-state index in [4.69, 9.17) is 4.74 Å². The van der Waals surface area contributed by atoms with Crippen LogP contribution in [0, 0.1) is 0 Å². The lowest BCUT2D eigenvalue weighted by Crippen LogP contribution is -2.24. The number of benzene rings is 1. The standard InChI is InChI=1S/C11H11N3O3/c1-17-9-4-2-8(3-5-9)6-12-14-7-10(15)13-11(14)16/h2-6H,7H2,1H3,(H,13,15,16)/b12-6+. The molecule has 3 amide bonds. The highest BCUT2D eigenvalue weighted by molar-refractivity contribution is 6.02. The van der Waals surface area contributed by atoms with Gasteiger partial charge in [-0.15, -0.1) is 0 Å². The summed E-state index contributed by atoms with van der Waals surface area (Å²) >= 11 is 0. The Hall–Kier alpha value is -2.37. The van der Waals surface area contributed by atoms with Gasteiger partial charge < -0.3 is 4.74 Å². The molecule has 88 valence electrons. The Kier molecular flexibility index (Phi) is 3.04. The van der Waals surface area contributed by atoms with E-state index >= 15 is 0 Å². The molecule has 6 nitrogen and oxygen atoms in total. The van der Waals surface area contributed by atoms with Crippen LogP contribution in [-0.4, -0.2) is 36.8 Å². The molecule has 0 saturated carbocycles. The number of amides is 3. The number of rotatable bonds is 3. The van der Waals surface area contributed by atoms with Crippen molar-refractivity contribution in [2.75, 3.05) is 13.7 Å². The third kappa shape index (κ3) is 2.60. The number of hydrogen-bond donors (Lipinski definition) is 1. The zero-order chi connectivity index (χ0) is 12.3. The Balaban J connectivity index is 2.04. The molecule has 0 atom stereocenters. The van der Waals surface area contributed by atoms with Crippen LogP contribution < -0.4 is 10.1 Å². The number of urea groups is 1. The highest BCUT2D eigenvalue weighted by Gasteiger charge is 2.25. The average molecular weight is 233 g/mol. The van der Waals surface area contributed by atoms with Crippen molar-refractivity contribution in [2.24, 2.45) is 5.10 Å².